The van der Waals surface area contributed by atoms with Crippen molar-refractivity contribution in [1.29, 1.82) is 0 Å². The van der Waals surface area contributed by atoms with Crippen LogP contribution in [0.15, 0.2) is 35.0 Å². The lowest BCUT2D eigenvalue weighted by Crippen LogP contribution is -2.52. The van der Waals surface area contributed by atoms with Crippen LogP contribution >= 0.6 is 0 Å². The molecule has 218 valence electrons. The zero-order valence-corrected chi connectivity index (χ0v) is 23.3. The van der Waals surface area contributed by atoms with E-state index >= 15 is 0 Å². The van der Waals surface area contributed by atoms with E-state index in [4.69, 9.17) is 10.3 Å². The number of nitrogen functional groups attached to an aromatic ring is 1. The normalized spacial score (nSPS) is 18.8. The first-order chi connectivity index (χ1) is 20.3. The van der Waals surface area contributed by atoms with E-state index < -0.39 is 11.9 Å². The highest BCUT2D eigenvalue weighted by Crippen LogP contribution is 2.31. The number of fused-ring (bicyclic) bond motifs is 1. The number of aryl methyl sites for hydroxylation is 2. The van der Waals surface area contributed by atoms with Gasteiger partial charge in [-0.25, -0.2) is 0 Å². The molecule has 2 saturated heterocycles. The largest absolute Gasteiger partial charge is 0.397 e. The summed E-state index contributed by atoms with van der Waals surface area (Å²) in [5.74, 6) is 0.0568. The van der Waals surface area contributed by atoms with Gasteiger partial charge in [-0.15, -0.1) is 0 Å². The second kappa shape index (κ2) is 11.2. The Hall–Kier alpha value is -4.81. The third-order valence-corrected chi connectivity index (χ3v) is 8.07. The van der Waals surface area contributed by atoms with Crippen LogP contribution in [0.25, 0.3) is 11.5 Å². The van der Waals surface area contributed by atoms with E-state index in [-0.39, 0.29) is 24.1 Å². The molecule has 0 aliphatic carbocycles. The molecule has 42 heavy (non-hydrogen) atoms. The van der Waals surface area contributed by atoms with Crippen molar-refractivity contribution in [2.75, 3.05) is 36.8 Å². The molecular formula is C29H32N8O5. The molecule has 0 saturated carbocycles. The fourth-order valence-corrected chi connectivity index (χ4v) is 5.80. The topological polar surface area (TPSA) is 168 Å². The molecule has 0 bridgehead atoms. The molecule has 3 aliphatic rings. The number of hydrogen-bond donors (Lipinski definition) is 2. The highest BCUT2D eigenvalue weighted by Gasteiger charge is 2.39. The molecular weight excluding hydrogens is 540 g/mol. The summed E-state index contributed by atoms with van der Waals surface area (Å²) < 4.78 is 5.36. The second-order valence-electron chi connectivity index (χ2n) is 10.9. The van der Waals surface area contributed by atoms with Crippen molar-refractivity contribution < 1.29 is 23.7 Å². The van der Waals surface area contributed by atoms with Crippen LogP contribution in [-0.4, -0.2) is 80.8 Å². The molecule has 3 aliphatic heterocycles. The Morgan fingerprint density at radius 2 is 1.95 bits per heavy atom. The van der Waals surface area contributed by atoms with Gasteiger partial charge in [0.25, 0.3) is 5.91 Å². The minimum Gasteiger partial charge on any atom is -0.397 e. The Kier molecular flexibility index (Phi) is 7.31. The van der Waals surface area contributed by atoms with E-state index in [1.165, 1.54) is 0 Å². The number of anilines is 2. The number of hydrogen-bond acceptors (Lipinski definition) is 10. The van der Waals surface area contributed by atoms with Gasteiger partial charge in [-0.05, 0) is 55.2 Å². The van der Waals surface area contributed by atoms with Gasteiger partial charge < -0.3 is 25.0 Å². The minimum atomic E-state index is -0.632. The van der Waals surface area contributed by atoms with E-state index in [1.807, 2.05) is 30.0 Å². The maximum Gasteiger partial charge on any atom is 0.255 e. The molecule has 3 aromatic rings. The van der Waals surface area contributed by atoms with Crippen LogP contribution in [0.2, 0.25) is 0 Å². The smallest absolute Gasteiger partial charge is 0.255 e. The summed E-state index contributed by atoms with van der Waals surface area (Å²) in [6.45, 7) is 4.78. The number of imide groups is 1. The Morgan fingerprint density at radius 3 is 2.71 bits per heavy atom. The van der Waals surface area contributed by atoms with Crippen LogP contribution in [0, 0.1) is 6.92 Å². The number of amides is 4. The highest BCUT2D eigenvalue weighted by atomic mass is 16.5. The number of aromatic nitrogens is 3. The standard InChI is InChI=1S/C29H32N8O5/c1-17-13-19(30)15-31-26(17)27-33-24(42-34-27)3-2-4-25(39)36-11-9-35(10-12-36)20-5-6-21-18(14-20)16-37(29(21)41)22-7-8-23(38)32-28(22)40/h5-6,13-15,22H,2-4,7-12,16,30H2,1H3,(H,32,38,40). The number of rotatable bonds is 7. The second-order valence-corrected chi connectivity index (χ2v) is 10.9. The van der Waals surface area contributed by atoms with Gasteiger partial charge in [0.05, 0.1) is 11.9 Å². The minimum absolute atomic E-state index is 0.0878. The van der Waals surface area contributed by atoms with Crippen LogP contribution in [0.4, 0.5) is 11.4 Å². The molecule has 1 atom stereocenters. The van der Waals surface area contributed by atoms with Gasteiger partial charge in [0, 0.05) is 63.2 Å². The van der Waals surface area contributed by atoms with Crippen molar-refractivity contribution in [1.82, 2.24) is 30.2 Å². The van der Waals surface area contributed by atoms with Gasteiger partial charge in [-0.3, -0.25) is 29.5 Å². The lowest BCUT2D eigenvalue weighted by atomic mass is 10.0. The molecule has 0 spiro atoms. The number of nitrogens with one attached hydrogen (secondary N) is 1. The molecule has 3 N–H and O–H groups in total. The summed E-state index contributed by atoms with van der Waals surface area (Å²) >= 11 is 0. The summed E-state index contributed by atoms with van der Waals surface area (Å²) in [7, 11) is 0. The molecule has 13 heteroatoms. The number of nitrogens with zero attached hydrogens (tertiary/aromatic N) is 6. The maximum absolute atomic E-state index is 13.0. The quantitative estimate of drug-likeness (QED) is 0.395. The van der Waals surface area contributed by atoms with Gasteiger partial charge in [-0.1, -0.05) is 5.16 Å². The van der Waals surface area contributed by atoms with Crippen LogP contribution in [0.3, 0.4) is 0 Å². The SMILES string of the molecule is Cc1cc(N)cnc1-c1noc(CCCC(=O)N2CCN(c3ccc4c(c3)CN(C3CCC(=O)NC3=O)C4=O)CC2)n1. The van der Waals surface area contributed by atoms with Crippen molar-refractivity contribution in [3.05, 3.63) is 53.0 Å². The number of carbonyl (C=O) groups excluding carboxylic acids is 4. The van der Waals surface area contributed by atoms with Gasteiger partial charge in [0.1, 0.15) is 11.7 Å². The van der Waals surface area contributed by atoms with E-state index in [0.717, 1.165) is 16.8 Å². The molecule has 2 fully saturated rings. The van der Waals surface area contributed by atoms with Gasteiger partial charge >= 0.3 is 0 Å². The Labute approximate surface area is 242 Å². The van der Waals surface area contributed by atoms with E-state index in [1.54, 1.807) is 17.2 Å². The molecule has 2 aromatic heterocycles. The summed E-state index contributed by atoms with van der Waals surface area (Å²) in [4.78, 5) is 64.0. The van der Waals surface area contributed by atoms with E-state index in [9.17, 15) is 19.2 Å². The lowest BCUT2D eigenvalue weighted by molar-refractivity contribution is -0.137. The molecule has 1 aromatic carbocycles. The zero-order chi connectivity index (χ0) is 29.4. The van der Waals surface area contributed by atoms with E-state index in [0.29, 0.717) is 87.1 Å². The zero-order valence-electron chi connectivity index (χ0n) is 23.3. The summed E-state index contributed by atoms with van der Waals surface area (Å²) in [5.41, 5.74) is 10.3. The first kappa shape index (κ1) is 27.4. The van der Waals surface area contributed by atoms with Crippen molar-refractivity contribution >= 4 is 35.0 Å². The molecule has 4 amide bonds. The number of piperidine rings is 1. The molecule has 5 heterocycles. The van der Waals surface area contributed by atoms with Crippen molar-refractivity contribution in [2.24, 2.45) is 0 Å². The third kappa shape index (κ3) is 5.41. The molecule has 13 nitrogen and oxygen atoms in total. The van der Waals surface area contributed by atoms with Gasteiger partial charge in [0.2, 0.25) is 29.4 Å². The van der Waals surface area contributed by atoms with Gasteiger partial charge in [-0.2, -0.15) is 4.98 Å². The average Bonchev–Trinajstić information content (AvgIpc) is 3.57. The summed E-state index contributed by atoms with van der Waals surface area (Å²) in [5, 5.41) is 6.35. The maximum atomic E-state index is 13.0. The van der Waals surface area contributed by atoms with Crippen LogP contribution in [-0.2, 0) is 27.3 Å². The summed E-state index contributed by atoms with van der Waals surface area (Å²) in [6, 6.07) is 6.90. The van der Waals surface area contributed by atoms with Crippen molar-refractivity contribution in [2.45, 2.75) is 51.6 Å². The average molecular weight is 573 g/mol. The molecule has 6 rings (SSSR count). The number of carbonyl (C=O) groups is 4. The highest BCUT2D eigenvalue weighted by molar-refractivity contribution is 6.05. The summed E-state index contributed by atoms with van der Waals surface area (Å²) in [6.07, 6.45) is 3.59. The van der Waals surface area contributed by atoms with E-state index in [2.05, 4.69) is 25.3 Å². The van der Waals surface area contributed by atoms with Crippen molar-refractivity contribution in [3.63, 3.8) is 0 Å². The first-order valence-electron chi connectivity index (χ1n) is 14.1. The monoisotopic (exact) mass is 572 g/mol. The number of pyridine rings is 1. The van der Waals surface area contributed by atoms with Crippen LogP contribution in [0.5, 0.6) is 0 Å². The number of benzene rings is 1. The number of nitrogens with two attached hydrogens (primary N) is 1. The fraction of sp³-hybridized carbons (Fsp3) is 0.414. The predicted molar refractivity (Wildman–Crippen MR) is 151 cm³/mol. The van der Waals surface area contributed by atoms with Crippen LogP contribution < -0.4 is 16.0 Å². The Bertz CT molecular complexity index is 1560. The van der Waals surface area contributed by atoms with Crippen molar-refractivity contribution in [3.8, 4) is 11.5 Å². The number of piperazine rings is 1. The molecule has 1 unspecified atom stereocenters. The molecule has 0 radical (unpaired) electrons. The lowest BCUT2D eigenvalue weighted by Gasteiger charge is -2.36. The third-order valence-electron chi connectivity index (χ3n) is 8.07. The first-order valence-corrected chi connectivity index (χ1v) is 14.1. The Morgan fingerprint density at radius 1 is 1.14 bits per heavy atom. The Balaban J connectivity index is 0.985. The predicted octanol–water partition coefficient (Wildman–Crippen LogP) is 1.45. The van der Waals surface area contributed by atoms with Gasteiger partial charge in [0.15, 0.2) is 0 Å². The fourth-order valence-electron chi connectivity index (χ4n) is 5.80. The van der Waals surface area contributed by atoms with Crippen LogP contribution in [0.1, 0.15) is 53.1 Å².